The topological polar surface area (TPSA) is 0 Å². The maximum atomic E-state index is 2.41. The van der Waals surface area contributed by atoms with E-state index < -0.39 is 0 Å². The highest BCUT2D eigenvalue weighted by Gasteiger charge is 2.19. The van der Waals surface area contributed by atoms with Gasteiger partial charge in [0.1, 0.15) is 0 Å². The van der Waals surface area contributed by atoms with Gasteiger partial charge in [0, 0.05) is 0 Å². The minimum Gasteiger partial charge on any atom is -0.0622 e. The standard InChI is InChI=1S/C44H28/c1-2-12-29(13-3-1)30-22-24-31(25-23-30)43-36-18-8-10-20-38(36)44(39-21-11-9-19-37(39)43)42-28-34-16-6-7-17-35(34)40-26-32-14-4-5-15-33(32)27-41(40)42/h1-28H. The van der Waals surface area contributed by atoms with E-state index in [-0.39, 0.29) is 0 Å². The molecule has 0 aliphatic carbocycles. The normalized spacial score (nSPS) is 11.6. The first-order chi connectivity index (χ1) is 21.8. The second-order valence-electron chi connectivity index (χ2n) is 11.7. The lowest BCUT2D eigenvalue weighted by Crippen LogP contribution is -1.92. The summed E-state index contributed by atoms with van der Waals surface area (Å²) in [6.07, 6.45) is 0. The maximum Gasteiger partial charge on any atom is -0.00199 e. The summed E-state index contributed by atoms with van der Waals surface area (Å²) in [5.74, 6) is 0. The highest BCUT2D eigenvalue weighted by molar-refractivity contribution is 6.26. The van der Waals surface area contributed by atoms with Gasteiger partial charge >= 0.3 is 0 Å². The van der Waals surface area contributed by atoms with Crippen molar-refractivity contribution in [3.05, 3.63) is 170 Å². The number of fused-ring (bicyclic) bond motifs is 6. The molecule has 0 saturated heterocycles. The van der Waals surface area contributed by atoms with Gasteiger partial charge in [0.05, 0.1) is 0 Å². The smallest absolute Gasteiger partial charge is 0.00199 e. The van der Waals surface area contributed by atoms with Crippen molar-refractivity contribution in [3.8, 4) is 33.4 Å². The molecule has 0 nitrogen and oxygen atoms in total. The van der Waals surface area contributed by atoms with E-state index in [1.54, 1.807) is 0 Å². The van der Waals surface area contributed by atoms with Crippen LogP contribution in [0.2, 0.25) is 0 Å². The molecule has 9 aromatic rings. The van der Waals surface area contributed by atoms with Gasteiger partial charge in [0.15, 0.2) is 0 Å². The summed E-state index contributed by atoms with van der Waals surface area (Å²) in [6.45, 7) is 0. The zero-order chi connectivity index (χ0) is 29.0. The quantitative estimate of drug-likeness (QED) is 0.150. The molecule has 0 unspecified atom stereocenters. The molecule has 0 atom stereocenters. The fraction of sp³-hybridized carbons (Fsp3) is 0. The average molecular weight is 557 g/mol. The van der Waals surface area contributed by atoms with Gasteiger partial charge in [-0.3, -0.25) is 0 Å². The minimum atomic E-state index is 1.23. The Kier molecular flexibility index (Phi) is 5.61. The molecule has 9 rings (SSSR count). The van der Waals surface area contributed by atoms with Crippen LogP contribution in [-0.4, -0.2) is 0 Å². The number of hydrogen-bond acceptors (Lipinski definition) is 0. The molecular formula is C44H28. The van der Waals surface area contributed by atoms with Crippen LogP contribution in [0.5, 0.6) is 0 Å². The molecule has 0 aromatic heterocycles. The fourth-order valence-electron chi connectivity index (χ4n) is 7.18. The number of benzene rings is 9. The third kappa shape index (κ3) is 3.85. The lowest BCUT2D eigenvalue weighted by atomic mass is 9.83. The molecule has 0 heteroatoms. The van der Waals surface area contributed by atoms with E-state index in [9.17, 15) is 0 Å². The molecule has 0 fully saturated rings. The van der Waals surface area contributed by atoms with Crippen molar-refractivity contribution < 1.29 is 0 Å². The summed E-state index contributed by atoms with van der Waals surface area (Å²) in [4.78, 5) is 0. The molecule has 0 saturated carbocycles. The SMILES string of the molecule is c1ccc(-c2ccc(-c3c4ccccc4c(-c4cc5ccccc5c5cc6ccccc6cc45)c4ccccc34)cc2)cc1. The monoisotopic (exact) mass is 556 g/mol. The van der Waals surface area contributed by atoms with Crippen molar-refractivity contribution in [2.75, 3.05) is 0 Å². The van der Waals surface area contributed by atoms with E-state index in [4.69, 9.17) is 0 Å². The first-order valence-electron chi connectivity index (χ1n) is 15.3. The Bertz CT molecular complexity index is 2460. The summed E-state index contributed by atoms with van der Waals surface area (Å²) in [7, 11) is 0. The fourth-order valence-corrected chi connectivity index (χ4v) is 7.18. The molecule has 0 radical (unpaired) electrons. The largest absolute Gasteiger partial charge is 0.0622 e. The zero-order valence-electron chi connectivity index (χ0n) is 24.2. The lowest BCUT2D eigenvalue weighted by molar-refractivity contribution is 1.61. The number of hydrogen-bond donors (Lipinski definition) is 0. The van der Waals surface area contributed by atoms with Crippen LogP contribution in [0.4, 0.5) is 0 Å². The van der Waals surface area contributed by atoms with Gasteiger partial charge < -0.3 is 0 Å². The highest BCUT2D eigenvalue weighted by Crippen LogP contribution is 2.47. The van der Waals surface area contributed by atoms with Crippen LogP contribution in [0, 0.1) is 0 Å². The van der Waals surface area contributed by atoms with Crippen LogP contribution in [-0.2, 0) is 0 Å². The average Bonchev–Trinajstić information content (AvgIpc) is 3.10. The summed E-state index contributed by atoms with van der Waals surface area (Å²) >= 11 is 0. The van der Waals surface area contributed by atoms with Gasteiger partial charge in [0.25, 0.3) is 0 Å². The summed E-state index contributed by atoms with van der Waals surface area (Å²) in [6, 6.07) is 62.3. The van der Waals surface area contributed by atoms with Crippen molar-refractivity contribution in [3.63, 3.8) is 0 Å². The molecule has 0 bridgehead atoms. The maximum absolute atomic E-state index is 2.41. The van der Waals surface area contributed by atoms with Gasteiger partial charge in [-0.05, 0) is 105 Å². The van der Waals surface area contributed by atoms with E-state index in [1.165, 1.54) is 87.2 Å². The Morgan fingerprint density at radius 1 is 0.227 bits per heavy atom. The molecule has 0 aliphatic rings. The Morgan fingerprint density at radius 3 is 1.27 bits per heavy atom. The van der Waals surface area contributed by atoms with Crippen LogP contribution >= 0.6 is 0 Å². The van der Waals surface area contributed by atoms with Crippen molar-refractivity contribution in [2.45, 2.75) is 0 Å². The van der Waals surface area contributed by atoms with Crippen molar-refractivity contribution in [2.24, 2.45) is 0 Å². The van der Waals surface area contributed by atoms with E-state index in [0.29, 0.717) is 0 Å². The molecule has 44 heavy (non-hydrogen) atoms. The van der Waals surface area contributed by atoms with E-state index in [1.807, 2.05) is 0 Å². The van der Waals surface area contributed by atoms with E-state index >= 15 is 0 Å². The molecule has 0 N–H and O–H groups in total. The number of rotatable bonds is 3. The Labute approximate surface area is 256 Å². The summed E-state index contributed by atoms with van der Waals surface area (Å²) in [5.41, 5.74) is 7.57. The van der Waals surface area contributed by atoms with E-state index in [2.05, 4.69) is 170 Å². The van der Waals surface area contributed by atoms with Crippen molar-refractivity contribution in [1.82, 2.24) is 0 Å². The molecule has 0 heterocycles. The summed E-state index contributed by atoms with van der Waals surface area (Å²) < 4.78 is 0. The van der Waals surface area contributed by atoms with Gasteiger partial charge in [-0.25, -0.2) is 0 Å². The van der Waals surface area contributed by atoms with Crippen LogP contribution < -0.4 is 0 Å². The van der Waals surface area contributed by atoms with Gasteiger partial charge in [-0.15, -0.1) is 0 Å². The summed E-state index contributed by atoms with van der Waals surface area (Å²) in [5, 5.41) is 12.8. The predicted octanol–water partition coefficient (Wildman–Crippen LogP) is 12.5. The van der Waals surface area contributed by atoms with Crippen molar-refractivity contribution in [1.29, 1.82) is 0 Å². The van der Waals surface area contributed by atoms with Crippen LogP contribution in [0.15, 0.2) is 170 Å². The highest BCUT2D eigenvalue weighted by atomic mass is 14.2. The van der Waals surface area contributed by atoms with Crippen LogP contribution in [0.3, 0.4) is 0 Å². The lowest BCUT2D eigenvalue weighted by Gasteiger charge is -2.20. The Morgan fingerprint density at radius 2 is 0.659 bits per heavy atom. The van der Waals surface area contributed by atoms with E-state index in [0.717, 1.165) is 0 Å². The van der Waals surface area contributed by atoms with Gasteiger partial charge in [-0.2, -0.15) is 0 Å². The Balaban J connectivity index is 1.39. The van der Waals surface area contributed by atoms with Gasteiger partial charge in [0.2, 0.25) is 0 Å². The third-order valence-electron chi connectivity index (χ3n) is 9.21. The first-order valence-corrected chi connectivity index (χ1v) is 15.3. The first kappa shape index (κ1) is 24.8. The van der Waals surface area contributed by atoms with Crippen LogP contribution in [0.1, 0.15) is 0 Å². The molecule has 0 aliphatic heterocycles. The molecule has 0 spiro atoms. The molecule has 0 amide bonds. The second-order valence-corrected chi connectivity index (χ2v) is 11.7. The molecular weight excluding hydrogens is 528 g/mol. The van der Waals surface area contributed by atoms with Gasteiger partial charge in [-0.1, -0.05) is 152 Å². The second kappa shape index (κ2) is 9.93. The van der Waals surface area contributed by atoms with Crippen molar-refractivity contribution >= 4 is 53.9 Å². The molecule has 204 valence electrons. The van der Waals surface area contributed by atoms with Crippen LogP contribution in [0.25, 0.3) is 87.2 Å². The Hall–Kier alpha value is -5.72. The minimum absolute atomic E-state index is 1.23. The zero-order valence-corrected chi connectivity index (χ0v) is 24.2. The predicted molar refractivity (Wildman–Crippen MR) is 190 cm³/mol. The third-order valence-corrected chi connectivity index (χ3v) is 9.21. The molecule has 9 aromatic carbocycles.